The first-order chi connectivity index (χ1) is 11.0. The third-order valence-corrected chi connectivity index (χ3v) is 3.97. The SMILES string of the molecule is CCOCOC(=O)c1ccccc1Nc1c(Cl)ccc(C)c1Cl.[Ag+].[Ag+].[O-2]. The fourth-order valence-electron chi connectivity index (χ4n) is 1.93. The molecule has 0 saturated carbocycles. The average molecular weight is 586 g/mol. The summed E-state index contributed by atoms with van der Waals surface area (Å²) in [7, 11) is 0. The van der Waals surface area contributed by atoms with E-state index in [1.165, 1.54) is 0 Å². The monoisotopic (exact) mass is 583 g/mol. The maximum Gasteiger partial charge on any atom is 1.00 e. The van der Waals surface area contributed by atoms with Crippen molar-refractivity contribution in [2.45, 2.75) is 13.8 Å². The molecule has 0 aromatic heterocycles. The zero-order chi connectivity index (χ0) is 16.8. The summed E-state index contributed by atoms with van der Waals surface area (Å²) in [5, 5.41) is 4.10. The molecule has 2 rings (SSSR count). The molecule has 0 radical (unpaired) electrons. The van der Waals surface area contributed by atoms with Crippen molar-refractivity contribution in [2.75, 3.05) is 18.7 Å². The molecule has 0 aliphatic rings. The standard InChI is InChI=1S/C17H17Cl2NO3.2Ag.O/c1-3-22-10-23-17(21)12-6-4-5-7-14(12)20-16-13(18)9-8-11(2)15(16)19;;;/h4-9,20H,3,10H2,1-2H3;;;/q;2*+1;-2. The third-order valence-electron chi connectivity index (χ3n) is 3.17. The van der Waals surface area contributed by atoms with Crippen LogP contribution in [-0.2, 0) is 59.7 Å². The number of hydrogen-bond acceptors (Lipinski definition) is 4. The van der Waals surface area contributed by atoms with Crippen LogP contribution in [0.2, 0.25) is 10.0 Å². The molecule has 0 amide bonds. The zero-order valence-corrected chi connectivity index (χ0v) is 18.3. The summed E-state index contributed by atoms with van der Waals surface area (Å²) in [5.41, 5.74) is 2.37. The fourth-order valence-corrected chi connectivity index (χ4v) is 2.40. The van der Waals surface area contributed by atoms with Crippen LogP contribution in [0.1, 0.15) is 22.8 Å². The van der Waals surface area contributed by atoms with Gasteiger partial charge in [0.1, 0.15) is 0 Å². The van der Waals surface area contributed by atoms with Gasteiger partial charge in [-0.2, -0.15) is 0 Å². The second-order valence-corrected chi connectivity index (χ2v) is 5.55. The molecule has 150 valence electrons. The summed E-state index contributed by atoms with van der Waals surface area (Å²) < 4.78 is 10.1. The van der Waals surface area contributed by atoms with E-state index in [1.54, 1.807) is 30.3 Å². The molecule has 0 aliphatic carbocycles. The number of carbonyl (C=O) groups is 1. The molecule has 9 heteroatoms. The van der Waals surface area contributed by atoms with Gasteiger partial charge in [0, 0.05) is 6.61 Å². The van der Waals surface area contributed by atoms with E-state index in [0.717, 1.165) is 5.56 Å². The Bertz CT molecular complexity index is 717. The molecule has 0 atom stereocenters. The number of aryl methyl sites for hydroxylation is 1. The molecule has 0 saturated heterocycles. The largest absolute Gasteiger partial charge is 2.00 e. The number of esters is 1. The van der Waals surface area contributed by atoms with Crippen LogP contribution < -0.4 is 5.32 Å². The van der Waals surface area contributed by atoms with Gasteiger partial charge in [0.05, 0.1) is 27.0 Å². The normalized spacial score (nSPS) is 9.23. The molecule has 2 aromatic carbocycles. The Balaban J connectivity index is 0. The van der Waals surface area contributed by atoms with E-state index >= 15 is 0 Å². The number of para-hydroxylation sites is 1. The molecule has 2 aromatic rings. The molecule has 0 aliphatic heterocycles. The van der Waals surface area contributed by atoms with Crippen molar-refractivity contribution in [3.05, 3.63) is 57.6 Å². The molecule has 0 fully saturated rings. The number of nitrogens with one attached hydrogen (secondary N) is 1. The van der Waals surface area contributed by atoms with Crippen molar-refractivity contribution >= 4 is 40.5 Å². The molecular weight excluding hydrogens is 569 g/mol. The third kappa shape index (κ3) is 7.37. The van der Waals surface area contributed by atoms with Gasteiger partial charge in [-0.3, -0.25) is 0 Å². The number of rotatable bonds is 6. The molecule has 5 nitrogen and oxygen atoms in total. The first kappa shape index (κ1) is 27.9. The van der Waals surface area contributed by atoms with Crippen LogP contribution >= 0.6 is 23.2 Å². The molecule has 0 unspecified atom stereocenters. The minimum absolute atomic E-state index is 0. The van der Waals surface area contributed by atoms with Gasteiger partial charge in [-0.25, -0.2) is 4.79 Å². The molecule has 0 bridgehead atoms. The van der Waals surface area contributed by atoms with Crippen molar-refractivity contribution < 1.29 is 64.5 Å². The number of anilines is 2. The van der Waals surface area contributed by atoms with E-state index in [-0.39, 0.29) is 57.0 Å². The summed E-state index contributed by atoms with van der Waals surface area (Å²) in [6, 6.07) is 10.6. The van der Waals surface area contributed by atoms with Crippen LogP contribution in [-0.4, -0.2) is 19.4 Å². The number of carbonyl (C=O) groups excluding carboxylic acids is 1. The summed E-state index contributed by atoms with van der Waals surface area (Å²) >= 11 is 12.5. The summed E-state index contributed by atoms with van der Waals surface area (Å²) in [6.45, 7) is 4.09. The smallest absolute Gasteiger partial charge is 1.00 e. The topological polar surface area (TPSA) is 76.1 Å². The Morgan fingerprint density at radius 2 is 1.77 bits per heavy atom. The van der Waals surface area contributed by atoms with Crippen molar-refractivity contribution in [2.24, 2.45) is 0 Å². The summed E-state index contributed by atoms with van der Waals surface area (Å²) in [5.74, 6) is -0.485. The summed E-state index contributed by atoms with van der Waals surface area (Å²) in [6.07, 6.45) is 0. The van der Waals surface area contributed by atoms with Gasteiger partial charge < -0.3 is 20.3 Å². The first-order valence-electron chi connectivity index (χ1n) is 7.10. The van der Waals surface area contributed by atoms with Gasteiger partial charge in [-0.05, 0) is 37.6 Å². The van der Waals surface area contributed by atoms with Crippen LogP contribution in [0.5, 0.6) is 0 Å². The predicted molar refractivity (Wildman–Crippen MR) is 93.5 cm³/mol. The van der Waals surface area contributed by atoms with Crippen LogP contribution in [0.3, 0.4) is 0 Å². The van der Waals surface area contributed by atoms with E-state index in [1.807, 2.05) is 19.9 Å². The maximum atomic E-state index is 12.2. The Morgan fingerprint density at radius 1 is 1.12 bits per heavy atom. The van der Waals surface area contributed by atoms with Gasteiger partial charge in [0.2, 0.25) is 0 Å². The average Bonchev–Trinajstić information content (AvgIpc) is 2.55. The Kier molecular flexibility index (Phi) is 14.8. The van der Waals surface area contributed by atoms with Crippen LogP contribution in [0.15, 0.2) is 36.4 Å². The van der Waals surface area contributed by atoms with Crippen molar-refractivity contribution in [3.8, 4) is 0 Å². The molecule has 0 heterocycles. The molecule has 0 spiro atoms. The quantitative estimate of drug-likeness (QED) is 0.222. The van der Waals surface area contributed by atoms with Crippen molar-refractivity contribution in [3.63, 3.8) is 0 Å². The number of hydrogen-bond donors (Lipinski definition) is 1. The minimum atomic E-state index is -0.485. The second kappa shape index (κ2) is 13.8. The van der Waals surface area contributed by atoms with E-state index < -0.39 is 5.97 Å². The Labute approximate surface area is 194 Å². The molecular formula is C17H17Ag2Cl2NO4. The van der Waals surface area contributed by atoms with E-state index in [2.05, 4.69) is 5.32 Å². The van der Waals surface area contributed by atoms with Gasteiger partial charge >= 0.3 is 50.7 Å². The van der Waals surface area contributed by atoms with Crippen LogP contribution in [0.25, 0.3) is 0 Å². The molecule has 26 heavy (non-hydrogen) atoms. The number of benzene rings is 2. The van der Waals surface area contributed by atoms with Crippen molar-refractivity contribution in [1.82, 2.24) is 0 Å². The zero-order valence-electron chi connectivity index (χ0n) is 13.9. The fraction of sp³-hybridized carbons (Fsp3) is 0.235. The van der Waals surface area contributed by atoms with E-state index in [9.17, 15) is 4.79 Å². The van der Waals surface area contributed by atoms with Crippen LogP contribution in [0, 0.1) is 6.92 Å². The van der Waals surface area contributed by atoms with Gasteiger partial charge in [-0.15, -0.1) is 0 Å². The van der Waals surface area contributed by atoms with Gasteiger partial charge in [-0.1, -0.05) is 41.4 Å². The molecule has 1 N–H and O–H groups in total. The number of ether oxygens (including phenoxy) is 2. The Morgan fingerprint density at radius 3 is 2.42 bits per heavy atom. The predicted octanol–water partition coefficient (Wildman–Crippen LogP) is 5.07. The second-order valence-electron chi connectivity index (χ2n) is 4.77. The minimum Gasteiger partial charge on any atom is -2.00 e. The van der Waals surface area contributed by atoms with E-state index in [4.69, 9.17) is 32.7 Å². The van der Waals surface area contributed by atoms with Crippen molar-refractivity contribution in [1.29, 1.82) is 0 Å². The maximum absolute atomic E-state index is 12.2. The first-order valence-corrected chi connectivity index (χ1v) is 7.85. The van der Waals surface area contributed by atoms with Gasteiger partial charge in [0.25, 0.3) is 0 Å². The number of halogens is 2. The Hall–Kier alpha value is -0.309. The van der Waals surface area contributed by atoms with E-state index in [0.29, 0.717) is 33.6 Å². The van der Waals surface area contributed by atoms with Gasteiger partial charge in [0.15, 0.2) is 6.79 Å². The van der Waals surface area contributed by atoms with Crippen LogP contribution in [0.4, 0.5) is 11.4 Å². The summed E-state index contributed by atoms with van der Waals surface area (Å²) in [4.78, 5) is 12.2.